The molecule has 0 aliphatic rings. The van der Waals surface area contributed by atoms with Crippen molar-refractivity contribution in [2.45, 2.75) is 46.5 Å². The number of benzene rings is 1. The van der Waals surface area contributed by atoms with Crippen LogP contribution in [0, 0.1) is 11.8 Å². The number of rotatable bonds is 5. The standard InChI is InChI=1S/C15H21NO3/c1-10(2)6-5-7-11(3)13-9-14(16(18)19)12(4)8-15(13)17/h6,8-9,11H,5,7H2,1-4H3,(H-,17,18,19)/p+1/t11-/m0/s1. The highest BCUT2D eigenvalue weighted by molar-refractivity contribution is 5.50. The van der Waals surface area contributed by atoms with Crippen molar-refractivity contribution in [1.29, 1.82) is 0 Å². The number of phenols is 1. The van der Waals surface area contributed by atoms with Crippen molar-refractivity contribution in [1.82, 2.24) is 0 Å². The molecule has 4 heteroatoms. The molecule has 1 aromatic carbocycles. The fourth-order valence-electron chi connectivity index (χ4n) is 2.08. The Morgan fingerprint density at radius 1 is 1.42 bits per heavy atom. The van der Waals surface area contributed by atoms with Crippen LogP contribution in [0.2, 0.25) is 0 Å². The predicted molar refractivity (Wildman–Crippen MR) is 75.0 cm³/mol. The molecule has 0 unspecified atom stereocenters. The quantitative estimate of drug-likeness (QED) is 0.614. The number of phenolic OH excluding ortho intramolecular Hbond substituents is 1. The fourth-order valence-corrected chi connectivity index (χ4v) is 2.08. The first-order chi connectivity index (χ1) is 8.82. The molecule has 0 fully saturated rings. The number of nitrogens with zero attached hydrogens (tertiary/aromatic N) is 1. The van der Waals surface area contributed by atoms with E-state index in [4.69, 9.17) is 5.21 Å². The van der Waals surface area contributed by atoms with E-state index in [9.17, 15) is 10.0 Å². The summed E-state index contributed by atoms with van der Waals surface area (Å²) in [6.45, 7) is 7.77. The molecule has 0 heterocycles. The summed E-state index contributed by atoms with van der Waals surface area (Å²) in [6.07, 6.45) is 3.95. The molecule has 0 bridgehead atoms. The molecule has 0 aliphatic heterocycles. The Morgan fingerprint density at radius 3 is 2.58 bits per heavy atom. The normalized spacial score (nSPS) is 12.0. The predicted octanol–water partition coefficient (Wildman–Crippen LogP) is 4.35. The lowest BCUT2D eigenvalue weighted by Crippen LogP contribution is -2.00. The van der Waals surface area contributed by atoms with Crippen LogP contribution in [-0.2, 0) is 0 Å². The number of hydrogen-bond acceptors (Lipinski definition) is 2. The number of allylic oxidation sites excluding steroid dienone is 2. The SMILES string of the molecule is CC(C)=CCC[C@H](C)c1cc([N+](=O)O)c(C)cc1O. The minimum atomic E-state index is -0.152. The van der Waals surface area contributed by atoms with Gasteiger partial charge in [-0.25, -0.2) is 5.21 Å². The van der Waals surface area contributed by atoms with Crippen LogP contribution in [0.4, 0.5) is 5.69 Å². The van der Waals surface area contributed by atoms with Gasteiger partial charge in [0.2, 0.25) is 0 Å². The topological polar surface area (TPSA) is 60.5 Å². The van der Waals surface area contributed by atoms with Crippen LogP contribution >= 0.6 is 0 Å². The van der Waals surface area contributed by atoms with Crippen LogP contribution in [0.25, 0.3) is 0 Å². The summed E-state index contributed by atoms with van der Waals surface area (Å²) < 4.78 is 0. The first kappa shape index (κ1) is 15.2. The highest BCUT2D eigenvalue weighted by Crippen LogP contribution is 2.34. The van der Waals surface area contributed by atoms with E-state index in [1.807, 2.05) is 20.8 Å². The largest absolute Gasteiger partial charge is 0.508 e. The third-order valence-electron chi connectivity index (χ3n) is 3.23. The Labute approximate surface area is 113 Å². The van der Waals surface area contributed by atoms with E-state index in [2.05, 4.69) is 6.08 Å². The minimum absolute atomic E-state index is 0.120. The Morgan fingerprint density at radius 2 is 2.05 bits per heavy atom. The van der Waals surface area contributed by atoms with E-state index in [-0.39, 0.29) is 22.3 Å². The lowest BCUT2D eigenvalue weighted by molar-refractivity contribution is -0.730. The third kappa shape index (κ3) is 4.09. The van der Waals surface area contributed by atoms with Gasteiger partial charge in [-0.15, -0.1) is 0 Å². The number of hydrogen-bond donors (Lipinski definition) is 2. The first-order valence-electron chi connectivity index (χ1n) is 6.46. The highest BCUT2D eigenvalue weighted by Gasteiger charge is 2.21. The van der Waals surface area contributed by atoms with E-state index in [1.54, 1.807) is 13.0 Å². The molecule has 0 amide bonds. The molecule has 0 saturated carbocycles. The molecule has 0 spiro atoms. The maximum atomic E-state index is 11.0. The highest BCUT2D eigenvalue weighted by atomic mass is 16.6. The summed E-state index contributed by atoms with van der Waals surface area (Å²) in [5, 5.41) is 19.0. The minimum Gasteiger partial charge on any atom is -0.508 e. The Bertz CT molecular complexity index is 502. The van der Waals surface area contributed by atoms with E-state index < -0.39 is 0 Å². The van der Waals surface area contributed by atoms with Crippen molar-refractivity contribution < 1.29 is 15.2 Å². The average Bonchev–Trinajstić information content (AvgIpc) is 2.27. The van der Waals surface area contributed by atoms with E-state index in [0.29, 0.717) is 11.1 Å². The van der Waals surface area contributed by atoms with Gasteiger partial charge in [0.05, 0.1) is 4.91 Å². The molecule has 19 heavy (non-hydrogen) atoms. The summed E-state index contributed by atoms with van der Waals surface area (Å²) in [7, 11) is 0. The summed E-state index contributed by atoms with van der Waals surface area (Å²) in [5.74, 6) is 0.294. The molecule has 0 aromatic heterocycles. The summed E-state index contributed by atoms with van der Waals surface area (Å²) in [5.41, 5.74) is 2.69. The van der Waals surface area contributed by atoms with Gasteiger partial charge in [-0.3, -0.25) is 0 Å². The molecule has 0 aliphatic carbocycles. The molecule has 0 saturated heterocycles. The molecule has 4 nitrogen and oxygen atoms in total. The molecular formula is C15H22NO3+. The Hall–Kier alpha value is -1.84. The molecule has 2 N–H and O–H groups in total. The van der Waals surface area contributed by atoms with E-state index in [0.717, 1.165) is 12.8 Å². The Balaban J connectivity index is 2.96. The maximum absolute atomic E-state index is 11.0. The fraction of sp³-hybridized carbons (Fsp3) is 0.467. The zero-order valence-electron chi connectivity index (χ0n) is 12.0. The van der Waals surface area contributed by atoms with Gasteiger partial charge in [-0.2, -0.15) is 0 Å². The van der Waals surface area contributed by atoms with Crippen molar-refractivity contribution >= 4 is 5.69 Å². The Kier molecular flexibility index (Phi) is 5.10. The van der Waals surface area contributed by atoms with Gasteiger partial charge >= 0.3 is 5.69 Å². The molecule has 1 rings (SSSR count). The molecular weight excluding hydrogens is 242 g/mol. The molecule has 104 valence electrons. The molecule has 1 atom stereocenters. The second-order valence-corrected chi connectivity index (χ2v) is 5.23. The second kappa shape index (κ2) is 6.36. The lowest BCUT2D eigenvalue weighted by Gasteiger charge is -2.12. The van der Waals surface area contributed by atoms with Crippen molar-refractivity contribution in [3.8, 4) is 5.75 Å². The summed E-state index contributed by atoms with van der Waals surface area (Å²) in [4.78, 5) is 10.9. The summed E-state index contributed by atoms with van der Waals surface area (Å²) >= 11 is 0. The van der Waals surface area contributed by atoms with Crippen molar-refractivity contribution in [2.75, 3.05) is 0 Å². The van der Waals surface area contributed by atoms with Crippen LogP contribution in [-0.4, -0.2) is 15.2 Å². The van der Waals surface area contributed by atoms with Gasteiger partial charge in [0.25, 0.3) is 4.92 Å². The van der Waals surface area contributed by atoms with Gasteiger partial charge in [0.15, 0.2) is 0 Å². The second-order valence-electron chi connectivity index (χ2n) is 5.23. The molecule has 1 aromatic rings. The van der Waals surface area contributed by atoms with E-state index in [1.165, 1.54) is 11.6 Å². The van der Waals surface area contributed by atoms with Gasteiger partial charge in [-0.05, 0) is 45.6 Å². The van der Waals surface area contributed by atoms with Gasteiger partial charge < -0.3 is 5.11 Å². The van der Waals surface area contributed by atoms with E-state index >= 15 is 0 Å². The third-order valence-corrected chi connectivity index (χ3v) is 3.23. The van der Waals surface area contributed by atoms with Crippen LogP contribution in [0.3, 0.4) is 0 Å². The van der Waals surface area contributed by atoms with Crippen LogP contribution in [0.1, 0.15) is 50.7 Å². The van der Waals surface area contributed by atoms with Gasteiger partial charge in [-0.1, -0.05) is 18.6 Å². The van der Waals surface area contributed by atoms with Crippen LogP contribution in [0.15, 0.2) is 23.8 Å². The zero-order chi connectivity index (χ0) is 14.6. The zero-order valence-corrected chi connectivity index (χ0v) is 12.0. The maximum Gasteiger partial charge on any atom is 0.319 e. The average molecular weight is 264 g/mol. The van der Waals surface area contributed by atoms with Crippen molar-refractivity contribution in [2.24, 2.45) is 0 Å². The van der Waals surface area contributed by atoms with Gasteiger partial charge in [0, 0.05) is 17.2 Å². The van der Waals surface area contributed by atoms with Gasteiger partial charge in [0.1, 0.15) is 5.75 Å². The van der Waals surface area contributed by atoms with Crippen LogP contribution < -0.4 is 0 Å². The van der Waals surface area contributed by atoms with Crippen molar-refractivity contribution in [3.63, 3.8) is 0 Å². The molecule has 0 radical (unpaired) electrons. The smallest absolute Gasteiger partial charge is 0.319 e. The lowest BCUT2D eigenvalue weighted by atomic mass is 9.93. The number of aryl methyl sites for hydroxylation is 1. The van der Waals surface area contributed by atoms with Crippen molar-refractivity contribution in [3.05, 3.63) is 39.8 Å². The summed E-state index contributed by atoms with van der Waals surface area (Å²) in [6, 6.07) is 3.08. The first-order valence-corrected chi connectivity index (χ1v) is 6.46. The number of aromatic hydroxyl groups is 1. The van der Waals surface area contributed by atoms with Crippen LogP contribution in [0.5, 0.6) is 5.75 Å². The monoisotopic (exact) mass is 264 g/mol.